The molecular weight excluding hydrogens is 271 g/mol. The fourth-order valence-electron chi connectivity index (χ4n) is 1.70. The zero-order valence-corrected chi connectivity index (χ0v) is 11.0. The van der Waals surface area contributed by atoms with Gasteiger partial charge in [0.15, 0.2) is 0 Å². The van der Waals surface area contributed by atoms with Crippen molar-refractivity contribution in [2.45, 2.75) is 32.0 Å². The highest BCUT2D eigenvalue weighted by Crippen LogP contribution is 2.29. The van der Waals surface area contributed by atoms with Gasteiger partial charge in [-0.05, 0) is 31.0 Å². The van der Waals surface area contributed by atoms with E-state index in [0.29, 0.717) is 25.1 Å². The smallest absolute Gasteiger partial charge is 0.409 e. The first-order valence-corrected chi connectivity index (χ1v) is 6.26. The molecule has 4 nitrogen and oxygen atoms in total. The predicted octanol–water partition coefficient (Wildman–Crippen LogP) is 2.71. The second-order valence-corrected chi connectivity index (χ2v) is 4.42. The van der Waals surface area contributed by atoms with E-state index in [1.807, 2.05) is 0 Å². The summed E-state index contributed by atoms with van der Waals surface area (Å²) in [6, 6.07) is 5.25. The monoisotopic (exact) mass is 289 g/mol. The second-order valence-electron chi connectivity index (χ2n) is 4.42. The normalized spacial score (nSPS) is 12.7. The van der Waals surface area contributed by atoms with Crippen LogP contribution < -0.4 is 11.1 Å². The maximum atomic E-state index is 12.5. The van der Waals surface area contributed by atoms with Gasteiger partial charge in [0.2, 0.25) is 0 Å². The molecule has 0 aliphatic heterocycles. The van der Waals surface area contributed by atoms with Gasteiger partial charge in [-0.2, -0.15) is 13.2 Å². The minimum atomic E-state index is -4.31. The summed E-state index contributed by atoms with van der Waals surface area (Å²) in [5.74, 6) is 0.183. The minimum Gasteiger partial charge on any atom is -0.409 e. The SMILES string of the molecule is NC(CCCCNCc1cccc(C(F)(F)F)c1)=NO. The minimum absolute atomic E-state index is 0.183. The Labute approximate surface area is 115 Å². The lowest BCUT2D eigenvalue weighted by Crippen LogP contribution is -2.17. The molecule has 0 bridgehead atoms. The highest BCUT2D eigenvalue weighted by atomic mass is 19.4. The van der Waals surface area contributed by atoms with Gasteiger partial charge in [-0.1, -0.05) is 23.4 Å². The standard InChI is InChI=1S/C13H18F3N3O/c14-13(15,16)11-5-3-4-10(8-11)9-18-7-2-1-6-12(17)19-20/h3-5,8,18,20H,1-2,6-7,9H2,(H2,17,19). The fraction of sp³-hybridized carbons (Fsp3) is 0.462. The molecule has 0 aliphatic rings. The van der Waals surface area contributed by atoms with Crippen LogP contribution in [-0.4, -0.2) is 17.6 Å². The van der Waals surface area contributed by atoms with E-state index >= 15 is 0 Å². The van der Waals surface area contributed by atoms with Crippen molar-refractivity contribution < 1.29 is 18.4 Å². The third kappa shape index (κ3) is 5.92. The highest BCUT2D eigenvalue weighted by molar-refractivity contribution is 5.79. The number of benzene rings is 1. The molecule has 0 atom stereocenters. The van der Waals surface area contributed by atoms with E-state index in [2.05, 4.69) is 10.5 Å². The molecule has 7 heteroatoms. The summed E-state index contributed by atoms with van der Waals surface area (Å²) in [6.45, 7) is 1.04. The Bertz CT molecular complexity index is 447. The van der Waals surface area contributed by atoms with Crippen LogP contribution in [0.25, 0.3) is 0 Å². The van der Waals surface area contributed by atoms with Crippen LogP contribution in [-0.2, 0) is 12.7 Å². The fourth-order valence-corrected chi connectivity index (χ4v) is 1.70. The summed E-state index contributed by atoms with van der Waals surface area (Å²) in [5, 5.41) is 14.2. The molecule has 1 aromatic carbocycles. The van der Waals surface area contributed by atoms with E-state index in [1.165, 1.54) is 6.07 Å². The lowest BCUT2D eigenvalue weighted by atomic mass is 10.1. The summed E-state index contributed by atoms with van der Waals surface area (Å²) in [5.41, 5.74) is 5.27. The molecule has 0 aromatic heterocycles. The molecule has 0 unspecified atom stereocenters. The number of nitrogens with zero attached hydrogens (tertiary/aromatic N) is 1. The summed E-state index contributed by atoms with van der Waals surface area (Å²) in [4.78, 5) is 0. The van der Waals surface area contributed by atoms with E-state index in [4.69, 9.17) is 10.9 Å². The molecule has 0 aliphatic carbocycles. The number of hydrogen-bond acceptors (Lipinski definition) is 3. The molecule has 0 radical (unpaired) electrons. The number of hydrogen-bond donors (Lipinski definition) is 3. The number of oxime groups is 1. The van der Waals surface area contributed by atoms with E-state index in [1.54, 1.807) is 6.07 Å². The van der Waals surface area contributed by atoms with Crippen LogP contribution in [0.3, 0.4) is 0 Å². The van der Waals surface area contributed by atoms with Gasteiger partial charge in [0, 0.05) is 13.0 Å². The molecule has 112 valence electrons. The van der Waals surface area contributed by atoms with Crippen LogP contribution >= 0.6 is 0 Å². The van der Waals surface area contributed by atoms with Crippen molar-refractivity contribution in [3.8, 4) is 0 Å². The lowest BCUT2D eigenvalue weighted by molar-refractivity contribution is -0.137. The molecule has 0 amide bonds. The van der Waals surface area contributed by atoms with Crippen molar-refractivity contribution in [2.75, 3.05) is 6.54 Å². The van der Waals surface area contributed by atoms with Gasteiger partial charge < -0.3 is 16.3 Å². The largest absolute Gasteiger partial charge is 0.416 e. The van der Waals surface area contributed by atoms with E-state index < -0.39 is 11.7 Å². The van der Waals surface area contributed by atoms with Crippen molar-refractivity contribution in [3.05, 3.63) is 35.4 Å². The molecule has 0 saturated carbocycles. The second kappa shape index (κ2) is 7.74. The van der Waals surface area contributed by atoms with Crippen molar-refractivity contribution in [2.24, 2.45) is 10.9 Å². The molecule has 0 saturated heterocycles. The molecule has 1 rings (SSSR count). The molecule has 0 spiro atoms. The summed E-state index contributed by atoms with van der Waals surface area (Å²) in [6.07, 6.45) is -2.25. The third-order valence-electron chi connectivity index (χ3n) is 2.75. The van der Waals surface area contributed by atoms with Gasteiger partial charge in [-0.25, -0.2) is 0 Å². The van der Waals surface area contributed by atoms with E-state index in [0.717, 1.165) is 25.0 Å². The van der Waals surface area contributed by atoms with Gasteiger partial charge in [0.05, 0.1) is 5.56 Å². The van der Waals surface area contributed by atoms with Crippen molar-refractivity contribution in [3.63, 3.8) is 0 Å². The Morgan fingerprint density at radius 2 is 2.05 bits per heavy atom. The molecule has 0 fully saturated rings. The summed E-state index contributed by atoms with van der Waals surface area (Å²) in [7, 11) is 0. The Balaban J connectivity index is 2.29. The Kier molecular flexibility index (Phi) is 6.30. The van der Waals surface area contributed by atoms with Crippen molar-refractivity contribution >= 4 is 5.84 Å². The van der Waals surface area contributed by atoms with Crippen LogP contribution in [0.15, 0.2) is 29.4 Å². The number of rotatable bonds is 7. The van der Waals surface area contributed by atoms with Gasteiger partial charge >= 0.3 is 6.18 Å². The number of alkyl halides is 3. The van der Waals surface area contributed by atoms with Crippen LogP contribution in [0.1, 0.15) is 30.4 Å². The topological polar surface area (TPSA) is 70.6 Å². The number of nitrogens with two attached hydrogens (primary N) is 1. The Hall–Kier alpha value is -1.76. The number of nitrogens with one attached hydrogen (secondary N) is 1. The maximum absolute atomic E-state index is 12.5. The predicted molar refractivity (Wildman–Crippen MR) is 70.4 cm³/mol. The van der Waals surface area contributed by atoms with Crippen LogP contribution in [0.4, 0.5) is 13.2 Å². The van der Waals surface area contributed by atoms with Gasteiger partial charge in [0.1, 0.15) is 5.84 Å². The molecular formula is C13H18F3N3O. The Morgan fingerprint density at radius 3 is 2.70 bits per heavy atom. The zero-order valence-electron chi connectivity index (χ0n) is 11.0. The van der Waals surface area contributed by atoms with Gasteiger partial charge in [0.25, 0.3) is 0 Å². The van der Waals surface area contributed by atoms with Gasteiger partial charge in [-0.15, -0.1) is 0 Å². The van der Waals surface area contributed by atoms with Crippen LogP contribution in [0, 0.1) is 0 Å². The summed E-state index contributed by atoms with van der Waals surface area (Å²) < 4.78 is 37.5. The lowest BCUT2D eigenvalue weighted by Gasteiger charge is -2.09. The molecule has 4 N–H and O–H groups in total. The average molecular weight is 289 g/mol. The van der Waals surface area contributed by atoms with Gasteiger partial charge in [-0.3, -0.25) is 0 Å². The molecule has 1 aromatic rings. The number of unbranched alkanes of at least 4 members (excludes halogenated alkanes) is 1. The number of halogens is 3. The molecule has 20 heavy (non-hydrogen) atoms. The van der Waals surface area contributed by atoms with Crippen LogP contribution in [0.2, 0.25) is 0 Å². The first-order chi connectivity index (χ1) is 9.43. The summed E-state index contributed by atoms with van der Waals surface area (Å²) >= 11 is 0. The van der Waals surface area contributed by atoms with E-state index in [-0.39, 0.29) is 5.84 Å². The van der Waals surface area contributed by atoms with Crippen molar-refractivity contribution in [1.82, 2.24) is 5.32 Å². The quantitative estimate of drug-likeness (QED) is 0.238. The first kappa shape index (κ1) is 16.3. The first-order valence-electron chi connectivity index (χ1n) is 6.26. The van der Waals surface area contributed by atoms with Crippen LogP contribution in [0.5, 0.6) is 0 Å². The Morgan fingerprint density at radius 1 is 1.30 bits per heavy atom. The van der Waals surface area contributed by atoms with E-state index in [9.17, 15) is 13.2 Å². The zero-order chi connectivity index (χ0) is 15.0. The van der Waals surface area contributed by atoms with Crippen molar-refractivity contribution in [1.29, 1.82) is 0 Å². The third-order valence-corrected chi connectivity index (χ3v) is 2.75. The number of amidine groups is 1. The maximum Gasteiger partial charge on any atom is 0.416 e. The molecule has 0 heterocycles. The highest BCUT2D eigenvalue weighted by Gasteiger charge is 2.30. The average Bonchev–Trinajstić information content (AvgIpc) is 2.41.